The van der Waals surface area contributed by atoms with Gasteiger partial charge in [-0.2, -0.15) is 0 Å². The van der Waals surface area contributed by atoms with Crippen LogP contribution in [0, 0.1) is 0 Å². The van der Waals surface area contributed by atoms with Crippen LogP contribution in [0.1, 0.15) is 87.6 Å². The molecular formula is C20H62N2O3. The van der Waals surface area contributed by atoms with Crippen LogP contribution in [0.15, 0.2) is 0 Å². The maximum absolute atomic E-state index is 5.55. The van der Waals surface area contributed by atoms with E-state index < -0.39 is 0 Å². The Morgan fingerprint density at radius 2 is 0.920 bits per heavy atom. The summed E-state index contributed by atoms with van der Waals surface area (Å²) in [6.45, 7) is 8.61. The Bertz CT molecular complexity index is 158. The summed E-state index contributed by atoms with van der Waals surface area (Å²) in [5.41, 5.74) is 11.1. The molecule has 0 amide bonds. The lowest BCUT2D eigenvalue weighted by Gasteiger charge is -2.14. The first-order valence-electron chi connectivity index (χ1n) is 5.80. The highest BCUT2D eigenvalue weighted by Crippen LogP contribution is 1.93. The van der Waals surface area contributed by atoms with Crippen molar-refractivity contribution in [3.63, 3.8) is 0 Å². The van der Waals surface area contributed by atoms with E-state index in [1.165, 1.54) is 0 Å². The monoisotopic (exact) mass is 378 g/mol. The average molecular weight is 379 g/mol. The lowest BCUT2D eigenvalue weighted by molar-refractivity contribution is -0.0319. The predicted molar refractivity (Wildman–Crippen MR) is 125 cm³/mol. The molecule has 0 aromatic heterocycles. The van der Waals surface area contributed by atoms with E-state index >= 15 is 0 Å². The standard InChI is InChI=1S/C11H26N2O3.9CH4/c1-9(12)6-14-4-5-16-11(3)8-15-7-10(2)13;;;;;;;;;/h9-11H,4-8,12-13H2,1-3H3;9*1H4. The first kappa shape index (κ1) is 64.1. The number of hydrogen-bond donors (Lipinski definition) is 2. The van der Waals surface area contributed by atoms with Crippen molar-refractivity contribution < 1.29 is 14.2 Å². The molecule has 0 aromatic rings. The van der Waals surface area contributed by atoms with Gasteiger partial charge in [-0.05, 0) is 20.8 Å². The fourth-order valence-corrected chi connectivity index (χ4v) is 1.05. The zero-order valence-electron chi connectivity index (χ0n) is 10.6. The fraction of sp³-hybridized carbons (Fsp3) is 1.00. The third-order valence-electron chi connectivity index (χ3n) is 1.74. The van der Waals surface area contributed by atoms with Crippen LogP contribution in [0.25, 0.3) is 0 Å². The number of rotatable bonds is 10. The van der Waals surface area contributed by atoms with Crippen LogP contribution in [0.3, 0.4) is 0 Å². The molecule has 0 heterocycles. The molecule has 5 heteroatoms. The van der Waals surface area contributed by atoms with Crippen molar-refractivity contribution >= 4 is 0 Å². The van der Waals surface area contributed by atoms with Crippen LogP contribution < -0.4 is 11.5 Å². The SMILES string of the molecule is C.C.C.C.C.C.C.C.C.CC(N)COCCOC(C)COCC(C)N. The van der Waals surface area contributed by atoms with Gasteiger partial charge >= 0.3 is 0 Å². The minimum atomic E-state index is 0. The van der Waals surface area contributed by atoms with E-state index in [1.807, 2.05) is 20.8 Å². The van der Waals surface area contributed by atoms with Crippen LogP contribution in [-0.2, 0) is 14.2 Å². The van der Waals surface area contributed by atoms with Gasteiger partial charge in [-0.25, -0.2) is 0 Å². The first-order valence-corrected chi connectivity index (χ1v) is 5.80. The summed E-state index contributed by atoms with van der Waals surface area (Å²) >= 11 is 0. The number of hydrogen-bond acceptors (Lipinski definition) is 5. The Balaban J connectivity index is -0.0000000312. The summed E-state index contributed by atoms with van der Waals surface area (Å²) in [5, 5.41) is 0. The maximum Gasteiger partial charge on any atom is 0.0781 e. The first-order chi connectivity index (χ1) is 7.52. The zero-order valence-corrected chi connectivity index (χ0v) is 10.6. The zero-order chi connectivity index (χ0) is 12.4. The van der Waals surface area contributed by atoms with Crippen LogP contribution in [-0.4, -0.2) is 51.2 Å². The smallest absolute Gasteiger partial charge is 0.0781 e. The van der Waals surface area contributed by atoms with Gasteiger partial charge in [0.1, 0.15) is 0 Å². The van der Waals surface area contributed by atoms with Crippen molar-refractivity contribution in [2.75, 3.05) is 33.0 Å². The largest absolute Gasteiger partial charge is 0.377 e. The van der Waals surface area contributed by atoms with Crippen molar-refractivity contribution in [1.29, 1.82) is 0 Å². The van der Waals surface area contributed by atoms with Crippen molar-refractivity contribution in [1.82, 2.24) is 0 Å². The lowest BCUT2D eigenvalue weighted by atomic mass is 10.4. The van der Waals surface area contributed by atoms with Gasteiger partial charge in [-0.3, -0.25) is 0 Å². The summed E-state index contributed by atoms with van der Waals surface area (Å²) in [4.78, 5) is 0. The van der Waals surface area contributed by atoms with Gasteiger partial charge in [0.25, 0.3) is 0 Å². The van der Waals surface area contributed by atoms with Crippen LogP contribution in [0.4, 0.5) is 0 Å². The van der Waals surface area contributed by atoms with Crippen LogP contribution in [0.5, 0.6) is 0 Å². The molecule has 0 bridgehead atoms. The summed E-state index contributed by atoms with van der Waals surface area (Å²) in [6.07, 6.45) is 0.0673. The predicted octanol–water partition coefficient (Wildman–Crippen LogP) is 5.84. The normalized spacial score (nSPS) is 10.9. The Hall–Kier alpha value is -0.200. The molecule has 0 fully saturated rings. The Kier molecular flexibility index (Phi) is 112. The fourth-order valence-electron chi connectivity index (χ4n) is 1.05. The Labute approximate surface area is 165 Å². The number of nitrogens with two attached hydrogens (primary N) is 2. The highest BCUT2D eigenvalue weighted by atomic mass is 16.5. The van der Waals surface area contributed by atoms with Crippen LogP contribution >= 0.6 is 0 Å². The Morgan fingerprint density at radius 1 is 0.560 bits per heavy atom. The molecule has 4 N–H and O–H groups in total. The molecule has 170 valence electrons. The van der Waals surface area contributed by atoms with Gasteiger partial charge in [0.05, 0.1) is 39.1 Å². The van der Waals surface area contributed by atoms with Gasteiger partial charge in [0, 0.05) is 12.1 Å². The summed E-state index contributed by atoms with van der Waals surface area (Å²) < 4.78 is 16.1. The quantitative estimate of drug-likeness (QED) is 0.466. The van der Waals surface area contributed by atoms with E-state index in [4.69, 9.17) is 25.7 Å². The molecule has 25 heavy (non-hydrogen) atoms. The van der Waals surface area contributed by atoms with E-state index in [9.17, 15) is 0 Å². The van der Waals surface area contributed by atoms with E-state index in [-0.39, 0.29) is 85.0 Å². The molecule has 0 saturated heterocycles. The van der Waals surface area contributed by atoms with Crippen molar-refractivity contribution in [3.8, 4) is 0 Å². The van der Waals surface area contributed by atoms with Crippen molar-refractivity contribution in [3.05, 3.63) is 0 Å². The molecule has 0 saturated carbocycles. The van der Waals surface area contributed by atoms with E-state index in [0.29, 0.717) is 33.0 Å². The molecule has 0 rings (SSSR count). The van der Waals surface area contributed by atoms with E-state index in [0.717, 1.165) is 0 Å². The molecule has 3 unspecified atom stereocenters. The molecule has 0 aliphatic carbocycles. The molecule has 0 aromatic carbocycles. The highest BCUT2D eigenvalue weighted by molar-refractivity contribution is 4.52. The second-order valence-electron chi connectivity index (χ2n) is 4.25. The lowest BCUT2D eigenvalue weighted by Crippen LogP contribution is -2.26. The van der Waals surface area contributed by atoms with Gasteiger partial charge in [-0.1, -0.05) is 66.8 Å². The van der Waals surface area contributed by atoms with E-state index in [2.05, 4.69) is 0 Å². The molecule has 3 atom stereocenters. The van der Waals surface area contributed by atoms with Gasteiger partial charge in [0.15, 0.2) is 0 Å². The van der Waals surface area contributed by atoms with Crippen LogP contribution in [0.2, 0.25) is 0 Å². The highest BCUT2D eigenvalue weighted by Gasteiger charge is 2.03. The van der Waals surface area contributed by atoms with Gasteiger partial charge < -0.3 is 25.7 Å². The van der Waals surface area contributed by atoms with Gasteiger partial charge in [0.2, 0.25) is 0 Å². The van der Waals surface area contributed by atoms with Crippen molar-refractivity contribution in [2.24, 2.45) is 11.5 Å². The summed E-state index contributed by atoms with van der Waals surface area (Å²) in [5.74, 6) is 0. The minimum Gasteiger partial charge on any atom is -0.377 e. The van der Waals surface area contributed by atoms with E-state index in [1.54, 1.807) is 0 Å². The summed E-state index contributed by atoms with van der Waals surface area (Å²) in [7, 11) is 0. The third-order valence-corrected chi connectivity index (χ3v) is 1.74. The van der Waals surface area contributed by atoms with Gasteiger partial charge in [-0.15, -0.1) is 0 Å². The third kappa shape index (κ3) is 59.4. The molecule has 5 nitrogen and oxygen atoms in total. The molecule has 0 spiro atoms. The summed E-state index contributed by atoms with van der Waals surface area (Å²) in [6, 6.07) is 0.147. The van der Waals surface area contributed by atoms with Crippen molar-refractivity contribution in [2.45, 2.75) is 106 Å². The second kappa shape index (κ2) is 43.8. The Morgan fingerprint density at radius 3 is 1.28 bits per heavy atom. The topological polar surface area (TPSA) is 79.7 Å². The molecular weight excluding hydrogens is 316 g/mol. The number of ether oxygens (including phenoxy) is 3. The second-order valence-corrected chi connectivity index (χ2v) is 4.25. The molecule has 0 aliphatic rings. The molecule has 0 radical (unpaired) electrons. The average Bonchev–Trinajstić information content (AvgIpc) is 2.16. The maximum atomic E-state index is 5.55. The minimum absolute atomic E-state index is 0. The molecule has 0 aliphatic heterocycles.